The number of anilines is 1. The van der Waals surface area contributed by atoms with E-state index in [1.807, 2.05) is 0 Å². The molecule has 3 heterocycles. The van der Waals surface area contributed by atoms with Gasteiger partial charge in [-0.15, -0.1) is 11.3 Å². The number of hydrogen-bond donors (Lipinski definition) is 0. The molecule has 1 saturated heterocycles. The molecule has 1 fully saturated rings. The summed E-state index contributed by atoms with van der Waals surface area (Å²) < 4.78 is 5.70. The average molecular weight is 312 g/mol. The molecule has 0 aromatic carbocycles. The van der Waals surface area contributed by atoms with Crippen LogP contribution in [0, 0.1) is 0 Å². The third-order valence-electron chi connectivity index (χ3n) is 3.62. The van der Waals surface area contributed by atoms with Crippen LogP contribution in [0.1, 0.15) is 25.6 Å². The Hall–Kier alpha value is -0.910. The lowest BCUT2D eigenvalue weighted by molar-refractivity contribution is 0.0341. The third kappa shape index (κ3) is 2.50. The van der Waals surface area contributed by atoms with Gasteiger partial charge in [-0.1, -0.05) is 6.92 Å². The minimum Gasteiger partial charge on any atom is -0.375 e. The summed E-state index contributed by atoms with van der Waals surface area (Å²) in [6.07, 6.45) is 1.21. The lowest BCUT2D eigenvalue weighted by Crippen LogP contribution is -2.47. The molecule has 1 aliphatic heterocycles. The molecule has 0 N–H and O–H groups in total. The van der Waals surface area contributed by atoms with Gasteiger partial charge in [-0.25, -0.2) is 4.98 Å². The number of morpholine rings is 1. The van der Waals surface area contributed by atoms with E-state index in [1.165, 1.54) is 4.88 Å². The monoisotopic (exact) mass is 311 g/mol. The number of rotatable bonds is 2. The van der Waals surface area contributed by atoms with E-state index in [-0.39, 0.29) is 6.10 Å². The van der Waals surface area contributed by atoms with Crippen molar-refractivity contribution in [3.8, 4) is 0 Å². The molecule has 6 heteroatoms. The van der Waals surface area contributed by atoms with Crippen LogP contribution >= 0.6 is 22.9 Å². The number of aromatic nitrogens is 2. The van der Waals surface area contributed by atoms with Crippen molar-refractivity contribution in [3.63, 3.8) is 0 Å². The first kappa shape index (κ1) is 14.0. The Morgan fingerprint density at radius 2 is 2.25 bits per heavy atom. The molecule has 2 aromatic rings. The quantitative estimate of drug-likeness (QED) is 0.795. The highest BCUT2D eigenvalue weighted by molar-refractivity contribution is 7.18. The van der Waals surface area contributed by atoms with Crippen molar-refractivity contribution < 1.29 is 4.74 Å². The van der Waals surface area contributed by atoms with Gasteiger partial charge in [-0.2, -0.15) is 4.98 Å². The van der Waals surface area contributed by atoms with E-state index in [0.29, 0.717) is 11.3 Å². The van der Waals surface area contributed by atoms with E-state index in [1.54, 1.807) is 11.3 Å². The molecule has 2 unspecified atom stereocenters. The molecule has 0 saturated carbocycles. The van der Waals surface area contributed by atoms with Crippen LogP contribution in [0.25, 0.3) is 10.2 Å². The standard InChI is InChI=1S/C14H18ClN3OS/c1-4-10-5-11-12(16-14(15)17-13(11)20-10)18-6-9(3)19-7-8(18)2/h5,8-9H,4,6-7H2,1-3H3. The number of halogens is 1. The number of hydrogen-bond acceptors (Lipinski definition) is 5. The van der Waals surface area contributed by atoms with Gasteiger partial charge in [-0.05, 0) is 37.9 Å². The summed E-state index contributed by atoms with van der Waals surface area (Å²) in [7, 11) is 0. The second-order valence-electron chi connectivity index (χ2n) is 5.25. The first-order valence-corrected chi connectivity index (χ1v) is 8.12. The van der Waals surface area contributed by atoms with Gasteiger partial charge < -0.3 is 9.64 Å². The van der Waals surface area contributed by atoms with Gasteiger partial charge in [0, 0.05) is 11.4 Å². The van der Waals surface area contributed by atoms with Crippen molar-refractivity contribution in [2.45, 2.75) is 39.3 Å². The summed E-state index contributed by atoms with van der Waals surface area (Å²) in [6.45, 7) is 7.94. The van der Waals surface area contributed by atoms with E-state index in [4.69, 9.17) is 16.3 Å². The first-order chi connectivity index (χ1) is 9.58. The second-order valence-corrected chi connectivity index (χ2v) is 6.70. The van der Waals surface area contributed by atoms with Gasteiger partial charge in [0.15, 0.2) is 0 Å². The summed E-state index contributed by atoms with van der Waals surface area (Å²) in [5.41, 5.74) is 0. The Balaban J connectivity index is 2.11. The Morgan fingerprint density at radius 1 is 1.45 bits per heavy atom. The maximum absolute atomic E-state index is 6.11. The molecule has 20 heavy (non-hydrogen) atoms. The lowest BCUT2D eigenvalue weighted by Gasteiger charge is -2.37. The molecule has 108 valence electrons. The van der Waals surface area contributed by atoms with Crippen LogP contribution in [-0.4, -0.2) is 35.3 Å². The van der Waals surface area contributed by atoms with Crippen molar-refractivity contribution in [3.05, 3.63) is 16.2 Å². The van der Waals surface area contributed by atoms with Crippen LogP contribution in [0.3, 0.4) is 0 Å². The van der Waals surface area contributed by atoms with Gasteiger partial charge in [-0.3, -0.25) is 0 Å². The molecule has 0 spiro atoms. The fourth-order valence-corrected chi connectivity index (χ4v) is 3.70. The average Bonchev–Trinajstić information content (AvgIpc) is 2.83. The second kappa shape index (κ2) is 5.47. The highest BCUT2D eigenvalue weighted by Gasteiger charge is 2.27. The fourth-order valence-electron chi connectivity index (χ4n) is 2.52. The van der Waals surface area contributed by atoms with E-state index in [2.05, 4.69) is 41.7 Å². The van der Waals surface area contributed by atoms with Gasteiger partial charge in [0.25, 0.3) is 0 Å². The van der Waals surface area contributed by atoms with Crippen molar-refractivity contribution in [2.24, 2.45) is 0 Å². The van der Waals surface area contributed by atoms with Gasteiger partial charge in [0.05, 0.1) is 24.1 Å². The van der Waals surface area contributed by atoms with Gasteiger partial charge >= 0.3 is 0 Å². The Bertz CT molecular complexity index is 630. The van der Waals surface area contributed by atoms with Crippen LogP contribution in [0.5, 0.6) is 0 Å². The molecule has 0 amide bonds. The summed E-state index contributed by atoms with van der Waals surface area (Å²) >= 11 is 7.80. The van der Waals surface area contributed by atoms with E-state index in [9.17, 15) is 0 Å². The minimum atomic E-state index is 0.208. The number of aryl methyl sites for hydroxylation is 1. The van der Waals surface area contributed by atoms with Crippen molar-refractivity contribution in [1.82, 2.24) is 9.97 Å². The molecule has 3 rings (SSSR count). The molecule has 2 aromatic heterocycles. The number of ether oxygens (including phenoxy) is 1. The first-order valence-electron chi connectivity index (χ1n) is 6.92. The smallest absolute Gasteiger partial charge is 0.225 e. The zero-order valence-corrected chi connectivity index (χ0v) is 13.5. The van der Waals surface area contributed by atoms with Crippen LogP contribution in [0.2, 0.25) is 5.28 Å². The third-order valence-corrected chi connectivity index (χ3v) is 4.97. The topological polar surface area (TPSA) is 38.2 Å². The minimum absolute atomic E-state index is 0.208. The summed E-state index contributed by atoms with van der Waals surface area (Å²) in [5.74, 6) is 0.943. The molecule has 1 aliphatic rings. The Labute approximate surface area is 127 Å². The van der Waals surface area contributed by atoms with Crippen molar-refractivity contribution in [2.75, 3.05) is 18.1 Å². The molecule has 4 nitrogen and oxygen atoms in total. The van der Waals surface area contributed by atoms with Gasteiger partial charge in [0.1, 0.15) is 10.6 Å². The molecular formula is C14H18ClN3OS. The molecule has 0 aliphatic carbocycles. The fraction of sp³-hybridized carbons (Fsp3) is 0.571. The lowest BCUT2D eigenvalue weighted by atomic mass is 10.2. The van der Waals surface area contributed by atoms with Crippen LogP contribution in [0.15, 0.2) is 6.07 Å². The molecule has 2 atom stereocenters. The van der Waals surface area contributed by atoms with E-state index in [0.717, 1.165) is 35.6 Å². The summed E-state index contributed by atoms with van der Waals surface area (Å²) in [4.78, 5) is 13.4. The molecule has 0 bridgehead atoms. The zero-order chi connectivity index (χ0) is 14.3. The molecular weight excluding hydrogens is 294 g/mol. The zero-order valence-electron chi connectivity index (χ0n) is 11.9. The number of fused-ring (bicyclic) bond motifs is 1. The van der Waals surface area contributed by atoms with Gasteiger partial charge in [0.2, 0.25) is 5.28 Å². The Kier molecular flexibility index (Phi) is 3.84. The van der Waals surface area contributed by atoms with Crippen LogP contribution < -0.4 is 4.90 Å². The maximum atomic E-state index is 6.11. The highest BCUT2D eigenvalue weighted by Crippen LogP contribution is 2.34. The predicted octanol–water partition coefficient (Wildman–Crippen LogP) is 3.52. The van der Waals surface area contributed by atoms with Crippen LogP contribution in [-0.2, 0) is 11.2 Å². The summed E-state index contributed by atoms with van der Waals surface area (Å²) in [5, 5.41) is 1.43. The van der Waals surface area contributed by atoms with E-state index < -0.39 is 0 Å². The van der Waals surface area contributed by atoms with E-state index >= 15 is 0 Å². The maximum Gasteiger partial charge on any atom is 0.225 e. The number of thiophene rings is 1. The molecule has 0 radical (unpaired) electrons. The number of nitrogens with zero attached hydrogens (tertiary/aromatic N) is 3. The largest absolute Gasteiger partial charge is 0.375 e. The summed E-state index contributed by atoms with van der Waals surface area (Å²) in [6, 6.07) is 2.49. The highest BCUT2D eigenvalue weighted by atomic mass is 35.5. The van der Waals surface area contributed by atoms with Crippen molar-refractivity contribution in [1.29, 1.82) is 0 Å². The Morgan fingerprint density at radius 3 is 3.00 bits per heavy atom. The van der Waals surface area contributed by atoms with Crippen molar-refractivity contribution >= 4 is 39.0 Å². The van der Waals surface area contributed by atoms with Crippen LogP contribution in [0.4, 0.5) is 5.82 Å². The normalized spacial score (nSPS) is 23.5. The predicted molar refractivity (Wildman–Crippen MR) is 84.0 cm³/mol. The SMILES string of the molecule is CCc1cc2c(N3CC(C)OCC3C)nc(Cl)nc2s1.